The largest absolute Gasteiger partial charge is 0.494 e. The molecule has 0 radical (unpaired) electrons. The molecule has 6 nitrogen and oxygen atoms in total. The number of carbonyl (C=O) groups excluding carboxylic acids is 2. The highest BCUT2D eigenvalue weighted by Crippen LogP contribution is 2.21. The van der Waals surface area contributed by atoms with Crippen LogP contribution < -0.4 is 14.2 Å². The highest BCUT2D eigenvalue weighted by molar-refractivity contribution is 5.91. The van der Waals surface area contributed by atoms with E-state index in [0.717, 1.165) is 25.0 Å². The van der Waals surface area contributed by atoms with Crippen LogP contribution in [0.1, 0.15) is 121 Å². The predicted octanol–water partition coefficient (Wildman–Crippen LogP) is 9.10. The Kier molecular flexibility index (Phi) is 17.3. The fraction of sp³-hybridized carbons (Fsp3) is 0.588. The Morgan fingerprint density at radius 1 is 0.600 bits per heavy atom. The molecular weight excluding hydrogens is 504 g/mol. The maximum absolute atomic E-state index is 12.5. The molecule has 1 atom stereocenters. The highest BCUT2D eigenvalue weighted by Gasteiger charge is 2.16. The van der Waals surface area contributed by atoms with Crippen LogP contribution in [0.3, 0.4) is 0 Å². The fourth-order valence-electron chi connectivity index (χ4n) is 4.29. The van der Waals surface area contributed by atoms with Crippen molar-refractivity contribution in [2.75, 3.05) is 13.2 Å². The first-order valence-corrected chi connectivity index (χ1v) is 15.4. The summed E-state index contributed by atoms with van der Waals surface area (Å²) in [6.07, 6.45) is 16.2. The molecule has 2 rings (SSSR count). The van der Waals surface area contributed by atoms with Gasteiger partial charge in [0.05, 0.1) is 18.8 Å². The first-order chi connectivity index (χ1) is 19.5. The van der Waals surface area contributed by atoms with Crippen LogP contribution in [-0.2, 0) is 9.53 Å². The SMILES string of the molecule is CCCCCCCCCCOc1ccc(C(=O)Oc2ccc(O[C@@H](C)C(=O)OCCCCCCCC)cc2)cc1. The molecule has 2 aromatic rings. The highest BCUT2D eigenvalue weighted by atomic mass is 16.6. The van der Waals surface area contributed by atoms with E-state index < -0.39 is 12.1 Å². The maximum atomic E-state index is 12.5. The molecule has 0 aliphatic heterocycles. The van der Waals surface area contributed by atoms with Crippen LogP contribution in [0.4, 0.5) is 0 Å². The zero-order valence-electron chi connectivity index (χ0n) is 25.0. The van der Waals surface area contributed by atoms with Crippen LogP contribution in [0.25, 0.3) is 0 Å². The minimum absolute atomic E-state index is 0.380. The maximum Gasteiger partial charge on any atom is 0.347 e. The monoisotopic (exact) mass is 554 g/mol. The first kappa shape index (κ1) is 33.2. The van der Waals surface area contributed by atoms with Crippen molar-refractivity contribution >= 4 is 11.9 Å². The molecule has 0 saturated heterocycles. The van der Waals surface area contributed by atoms with Crippen molar-refractivity contribution in [1.29, 1.82) is 0 Å². The van der Waals surface area contributed by atoms with Gasteiger partial charge in [0, 0.05) is 0 Å². The third kappa shape index (κ3) is 14.4. The summed E-state index contributed by atoms with van der Waals surface area (Å²) in [7, 11) is 0. The number of benzene rings is 2. The van der Waals surface area contributed by atoms with Crippen LogP contribution in [-0.4, -0.2) is 31.3 Å². The second-order valence-corrected chi connectivity index (χ2v) is 10.4. The fourth-order valence-corrected chi connectivity index (χ4v) is 4.29. The number of rotatable bonds is 22. The standard InChI is InChI=1S/C34H50O6/c1-4-6-8-10-12-13-15-16-26-37-30-20-18-29(19-21-30)34(36)40-32-24-22-31(23-25-32)39-28(3)33(35)38-27-17-14-11-9-7-5-2/h18-25,28H,4-17,26-27H2,1-3H3/t28-/m0/s1. The summed E-state index contributed by atoms with van der Waals surface area (Å²) in [5, 5.41) is 0. The van der Waals surface area contributed by atoms with Crippen molar-refractivity contribution < 1.29 is 28.5 Å². The predicted molar refractivity (Wildman–Crippen MR) is 160 cm³/mol. The summed E-state index contributed by atoms with van der Waals surface area (Å²) in [6, 6.07) is 13.6. The van der Waals surface area contributed by atoms with Crippen LogP contribution in [0.15, 0.2) is 48.5 Å². The molecule has 40 heavy (non-hydrogen) atoms. The first-order valence-electron chi connectivity index (χ1n) is 15.4. The average Bonchev–Trinajstić information content (AvgIpc) is 2.97. The molecule has 0 unspecified atom stereocenters. The number of hydrogen-bond acceptors (Lipinski definition) is 6. The molecule has 222 valence electrons. The third-order valence-electron chi connectivity index (χ3n) is 6.78. The number of esters is 2. The molecule has 0 heterocycles. The van der Waals surface area contributed by atoms with E-state index in [2.05, 4.69) is 13.8 Å². The average molecular weight is 555 g/mol. The summed E-state index contributed by atoms with van der Waals surface area (Å²) < 4.78 is 22.3. The Bertz CT molecular complexity index is 938. The second-order valence-electron chi connectivity index (χ2n) is 10.4. The molecule has 0 aliphatic carbocycles. The third-order valence-corrected chi connectivity index (χ3v) is 6.78. The van der Waals surface area contributed by atoms with E-state index in [1.165, 1.54) is 70.6 Å². The lowest BCUT2D eigenvalue weighted by atomic mass is 10.1. The summed E-state index contributed by atoms with van der Waals surface area (Å²) in [6.45, 7) is 7.20. The number of carbonyl (C=O) groups is 2. The van der Waals surface area contributed by atoms with Crippen molar-refractivity contribution in [2.45, 2.75) is 117 Å². The second kappa shape index (κ2) is 20.8. The molecule has 6 heteroatoms. The minimum Gasteiger partial charge on any atom is -0.494 e. The smallest absolute Gasteiger partial charge is 0.347 e. The molecule has 0 fully saturated rings. The summed E-state index contributed by atoms with van der Waals surface area (Å²) in [4.78, 5) is 24.7. The quantitative estimate of drug-likeness (QED) is 0.0821. The van der Waals surface area contributed by atoms with Gasteiger partial charge in [0.2, 0.25) is 0 Å². The van der Waals surface area contributed by atoms with E-state index in [0.29, 0.717) is 30.3 Å². The summed E-state index contributed by atoms with van der Waals surface area (Å²) in [5.41, 5.74) is 0.446. The zero-order valence-corrected chi connectivity index (χ0v) is 25.0. The van der Waals surface area contributed by atoms with Crippen LogP contribution in [0.5, 0.6) is 17.2 Å². The van der Waals surface area contributed by atoms with Crippen LogP contribution in [0, 0.1) is 0 Å². The van der Waals surface area contributed by atoms with E-state index in [4.69, 9.17) is 18.9 Å². The molecule has 0 aromatic heterocycles. The van der Waals surface area contributed by atoms with Gasteiger partial charge in [-0.2, -0.15) is 0 Å². The minimum atomic E-state index is -0.718. The molecule has 0 amide bonds. The molecular formula is C34H50O6. The van der Waals surface area contributed by atoms with Crippen molar-refractivity contribution in [2.24, 2.45) is 0 Å². The Morgan fingerprint density at radius 3 is 1.65 bits per heavy atom. The topological polar surface area (TPSA) is 71.1 Å². The van der Waals surface area contributed by atoms with Gasteiger partial charge in [0.25, 0.3) is 0 Å². The lowest BCUT2D eigenvalue weighted by Crippen LogP contribution is -2.26. The Hall–Kier alpha value is -3.02. The molecule has 0 saturated carbocycles. The number of unbranched alkanes of at least 4 members (excludes halogenated alkanes) is 12. The Balaban J connectivity index is 1.65. The van der Waals surface area contributed by atoms with Crippen LogP contribution in [0.2, 0.25) is 0 Å². The van der Waals surface area contributed by atoms with Gasteiger partial charge in [-0.05, 0) is 68.3 Å². The van der Waals surface area contributed by atoms with Gasteiger partial charge in [-0.3, -0.25) is 0 Å². The van der Waals surface area contributed by atoms with Gasteiger partial charge in [0.1, 0.15) is 17.2 Å². The van der Waals surface area contributed by atoms with E-state index in [-0.39, 0.29) is 5.97 Å². The van der Waals surface area contributed by atoms with Crippen molar-refractivity contribution in [1.82, 2.24) is 0 Å². The van der Waals surface area contributed by atoms with E-state index >= 15 is 0 Å². The van der Waals surface area contributed by atoms with Gasteiger partial charge in [-0.25, -0.2) is 9.59 Å². The molecule has 0 N–H and O–H groups in total. The van der Waals surface area contributed by atoms with Crippen molar-refractivity contribution in [3.63, 3.8) is 0 Å². The van der Waals surface area contributed by atoms with Gasteiger partial charge in [0.15, 0.2) is 6.10 Å². The van der Waals surface area contributed by atoms with Gasteiger partial charge in [-0.1, -0.05) is 90.9 Å². The normalized spacial score (nSPS) is 11.6. The van der Waals surface area contributed by atoms with Crippen LogP contribution >= 0.6 is 0 Å². The number of hydrogen-bond donors (Lipinski definition) is 0. The lowest BCUT2D eigenvalue weighted by Gasteiger charge is -2.14. The summed E-state index contributed by atoms with van der Waals surface area (Å²) in [5.74, 6) is 0.817. The van der Waals surface area contributed by atoms with Gasteiger partial charge in [-0.15, -0.1) is 0 Å². The number of ether oxygens (including phenoxy) is 4. The Labute approximate surface area is 241 Å². The van der Waals surface area contributed by atoms with Crippen molar-refractivity contribution in [3.05, 3.63) is 54.1 Å². The summed E-state index contributed by atoms with van der Waals surface area (Å²) >= 11 is 0. The van der Waals surface area contributed by atoms with E-state index in [1.807, 2.05) is 0 Å². The Morgan fingerprint density at radius 2 is 1.07 bits per heavy atom. The molecule has 0 spiro atoms. The van der Waals surface area contributed by atoms with E-state index in [9.17, 15) is 9.59 Å². The zero-order chi connectivity index (χ0) is 28.8. The lowest BCUT2D eigenvalue weighted by molar-refractivity contribution is -0.151. The van der Waals surface area contributed by atoms with Crippen molar-refractivity contribution in [3.8, 4) is 17.2 Å². The molecule has 0 aliphatic rings. The van der Waals surface area contributed by atoms with Gasteiger partial charge >= 0.3 is 11.9 Å². The molecule has 0 bridgehead atoms. The van der Waals surface area contributed by atoms with E-state index in [1.54, 1.807) is 55.5 Å². The van der Waals surface area contributed by atoms with Gasteiger partial charge < -0.3 is 18.9 Å². The molecule has 2 aromatic carbocycles.